The van der Waals surface area contributed by atoms with E-state index < -0.39 is 23.0 Å². The van der Waals surface area contributed by atoms with Crippen molar-refractivity contribution in [3.05, 3.63) is 48.0 Å². The Labute approximate surface area is 136 Å². The van der Waals surface area contributed by atoms with E-state index in [9.17, 15) is 14.7 Å². The molecule has 0 fully saturated rings. The van der Waals surface area contributed by atoms with Crippen molar-refractivity contribution in [2.24, 2.45) is 0 Å². The second-order valence-corrected chi connectivity index (χ2v) is 6.93. The molecule has 0 bridgehead atoms. The highest BCUT2D eigenvalue weighted by molar-refractivity contribution is 5.90. The molecule has 1 atom stereocenters. The van der Waals surface area contributed by atoms with Crippen LogP contribution < -0.4 is 0 Å². The fraction of sp³-hybridized carbons (Fsp3) is 0.368. The summed E-state index contributed by atoms with van der Waals surface area (Å²) < 4.78 is 5.31. The van der Waals surface area contributed by atoms with Crippen LogP contribution in [0.25, 0.3) is 11.1 Å². The maximum absolute atomic E-state index is 12.2. The van der Waals surface area contributed by atoms with E-state index in [0.29, 0.717) is 5.56 Å². The van der Waals surface area contributed by atoms with Crippen LogP contribution in [0.3, 0.4) is 0 Å². The lowest BCUT2D eigenvalue weighted by Gasteiger charge is -2.27. The van der Waals surface area contributed by atoms with Crippen LogP contribution in [-0.4, -0.2) is 22.6 Å². The Hall–Kier alpha value is -2.36. The lowest BCUT2D eigenvalue weighted by atomic mass is 9.78. The molecule has 2 aliphatic carbocycles. The number of rotatable bonds is 4. The second-order valence-electron chi connectivity index (χ2n) is 6.93. The first-order valence-corrected chi connectivity index (χ1v) is 7.57. The standard InChI is InChI=1S/C19H22O4/c1-18(2,3)23-16(20)12-19(4,17(21)22)15-11-10-13-8-6-5-7-9-14(13)15/h5-11H,12H2,1-4H3,(H,21,22)/t19-/m1/s1. The predicted octanol–water partition coefficient (Wildman–Crippen LogP) is 3.87. The normalized spacial score (nSPS) is 14.3. The molecule has 4 nitrogen and oxygen atoms in total. The van der Waals surface area contributed by atoms with Crippen molar-refractivity contribution in [2.45, 2.75) is 45.1 Å². The molecule has 0 aromatic heterocycles. The molecule has 0 aromatic carbocycles. The van der Waals surface area contributed by atoms with E-state index in [2.05, 4.69) is 0 Å². The van der Waals surface area contributed by atoms with Crippen LogP contribution >= 0.6 is 0 Å². The molecule has 23 heavy (non-hydrogen) atoms. The minimum Gasteiger partial charge on any atom is -0.481 e. The number of ether oxygens (including phenoxy) is 1. The zero-order valence-electron chi connectivity index (χ0n) is 13.9. The summed E-state index contributed by atoms with van der Waals surface area (Å²) >= 11 is 0. The number of carbonyl (C=O) groups excluding carboxylic acids is 1. The summed E-state index contributed by atoms with van der Waals surface area (Å²) in [6.45, 7) is 6.86. The SMILES string of the molecule is CC(C)(C)OC(=O)C[C@@](C)(C(=O)O)c1ccc2cccccc1-2. The minimum atomic E-state index is -1.33. The van der Waals surface area contributed by atoms with Gasteiger partial charge in [-0.3, -0.25) is 9.59 Å². The van der Waals surface area contributed by atoms with E-state index in [0.717, 1.165) is 11.1 Å². The van der Waals surface area contributed by atoms with Crippen molar-refractivity contribution >= 4 is 11.9 Å². The Morgan fingerprint density at radius 2 is 1.65 bits per heavy atom. The van der Waals surface area contributed by atoms with E-state index in [-0.39, 0.29) is 6.42 Å². The number of carboxylic acid groups (broad SMARTS) is 1. The Kier molecular flexibility index (Phi) is 4.46. The van der Waals surface area contributed by atoms with E-state index in [1.165, 1.54) is 0 Å². The summed E-state index contributed by atoms with van der Waals surface area (Å²) in [6, 6.07) is 13.1. The number of esters is 1. The smallest absolute Gasteiger partial charge is 0.314 e. The number of aliphatic carboxylic acids is 1. The van der Waals surface area contributed by atoms with Gasteiger partial charge in [0.1, 0.15) is 11.0 Å². The Morgan fingerprint density at radius 3 is 2.26 bits per heavy atom. The Balaban J connectivity index is 2.41. The monoisotopic (exact) mass is 314 g/mol. The average Bonchev–Trinajstić information content (AvgIpc) is 2.66. The zero-order chi connectivity index (χ0) is 17.3. The first-order chi connectivity index (χ1) is 10.6. The first-order valence-electron chi connectivity index (χ1n) is 7.57. The summed E-state index contributed by atoms with van der Waals surface area (Å²) in [5, 5.41) is 9.77. The average molecular weight is 314 g/mol. The topological polar surface area (TPSA) is 63.6 Å². The van der Waals surface area contributed by atoms with Gasteiger partial charge in [0.15, 0.2) is 0 Å². The molecule has 0 spiro atoms. The zero-order valence-corrected chi connectivity index (χ0v) is 13.9. The molecule has 1 N–H and O–H groups in total. The number of carbonyl (C=O) groups is 2. The van der Waals surface area contributed by atoms with E-state index in [1.807, 2.05) is 36.4 Å². The van der Waals surface area contributed by atoms with Gasteiger partial charge < -0.3 is 9.84 Å². The molecule has 0 aliphatic heterocycles. The second kappa shape index (κ2) is 6.03. The summed E-state index contributed by atoms with van der Waals surface area (Å²) in [5.74, 6) is -1.56. The summed E-state index contributed by atoms with van der Waals surface area (Å²) in [6.07, 6.45) is -0.211. The van der Waals surface area contributed by atoms with Gasteiger partial charge in [-0.25, -0.2) is 0 Å². The summed E-state index contributed by atoms with van der Waals surface area (Å²) in [5.41, 5.74) is 0.433. The van der Waals surface area contributed by atoms with E-state index in [4.69, 9.17) is 4.74 Å². The van der Waals surface area contributed by atoms with Crippen LogP contribution in [0.4, 0.5) is 0 Å². The molecule has 0 saturated heterocycles. The third kappa shape index (κ3) is 3.70. The molecule has 0 saturated carbocycles. The third-order valence-electron chi connectivity index (χ3n) is 3.78. The quantitative estimate of drug-likeness (QED) is 0.870. The van der Waals surface area contributed by atoms with Gasteiger partial charge in [0.05, 0.1) is 6.42 Å². The van der Waals surface area contributed by atoms with Crippen molar-refractivity contribution in [3.8, 4) is 11.1 Å². The molecule has 0 aromatic rings. The molecule has 2 aliphatic rings. The number of hydrogen-bond acceptors (Lipinski definition) is 3. The highest BCUT2D eigenvalue weighted by Gasteiger charge is 2.41. The predicted molar refractivity (Wildman–Crippen MR) is 88.5 cm³/mol. The number of hydrogen-bond donors (Lipinski definition) is 1. The summed E-state index contributed by atoms with van der Waals surface area (Å²) in [7, 11) is 0. The van der Waals surface area contributed by atoms with Gasteiger partial charge in [-0.1, -0.05) is 42.5 Å². The minimum absolute atomic E-state index is 0.211. The molecule has 0 unspecified atom stereocenters. The maximum atomic E-state index is 12.2. The molecule has 0 radical (unpaired) electrons. The van der Waals surface area contributed by atoms with Crippen molar-refractivity contribution in [1.29, 1.82) is 0 Å². The van der Waals surface area contributed by atoms with Crippen LogP contribution in [0.2, 0.25) is 0 Å². The van der Waals surface area contributed by atoms with Crippen molar-refractivity contribution in [2.75, 3.05) is 0 Å². The highest BCUT2D eigenvalue weighted by atomic mass is 16.6. The fourth-order valence-corrected chi connectivity index (χ4v) is 2.65. The molecular weight excluding hydrogens is 292 g/mol. The third-order valence-corrected chi connectivity index (χ3v) is 3.78. The first kappa shape index (κ1) is 17.0. The largest absolute Gasteiger partial charge is 0.481 e. The maximum Gasteiger partial charge on any atom is 0.314 e. The van der Waals surface area contributed by atoms with Crippen LogP contribution in [0.1, 0.15) is 39.7 Å². The lowest BCUT2D eigenvalue weighted by Crippen LogP contribution is -2.37. The Morgan fingerprint density at radius 1 is 1.00 bits per heavy atom. The lowest BCUT2D eigenvalue weighted by molar-refractivity contribution is -0.160. The summed E-state index contributed by atoms with van der Waals surface area (Å²) in [4.78, 5) is 24.1. The van der Waals surface area contributed by atoms with E-state index >= 15 is 0 Å². The van der Waals surface area contributed by atoms with Gasteiger partial charge in [-0.05, 0) is 44.4 Å². The van der Waals surface area contributed by atoms with Gasteiger partial charge in [0.25, 0.3) is 0 Å². The van der Waals surface area contributed by atoms with Crippen molar-refractivity contribution < 1.29 is 19.4 Å². The number of fused-ring (bicyclic) bond motifs is 1. The van der Waals surface area contributed by atoms with Gasteiger partial charge in [-0.2, -0.15) is 0 Å². The fourth-order valence-electron chi connectivity index (χ4n) is 2.65. The van der Waals surface area contributed by atoms with E-state index in [1.54, 1.807) is 33.8 Å². The Bertz CT molecular complexity index is 699. The van der Waals surface area contributed by atoms with Crippen molar-refractivity contribution in [3.63, 3.8) is 0 Å². The molecule has 4 heteroatoms. The van der Waals surface area contributed by atoms with Gasteiger partial charge in [0, 0.05) is 0 Å². The molecule has 0 heterocycles. The van der Waals surface area contributed by atoms with Gasteiger partial charge in [-0.15, -0.1) is 0 Å². The van der Waals surface area contributed by atoms with Gasteiger partial charge in [0.2, 0.25) is 0 Å². The molecule has 2 rings (SSSR count). The van der Waals surface area contributed by atoms with Gasteiger partial charge >= 0.3 is 11.9 Å². The van der Waals surface area contributed by atoms with Crippen LogP contribution in [-0.2, 0) is 19.7 Å². The number of carboxylic acids is 1. The van der Waals surface area contributed by atoms with Crippen LogP contribution in [0.15, 0.2) is 42.5 Å². The van der Waals surface area contributed by atoms with Crippen molar-refractivity contribution in [1.82, 2.24) is 0 Å². The van der Waals surface area contributed by atoms with Crippen LogP contribution in [0, 0.1) is 0 Å². The van der Waals surface area contributed by atoms with Crippen LogP contribution in [0.5, 0.6) is 0 Å². The molecule has 0 amide bonds. The highest BCUT2D eigenvalue weighted by Crippen LogP contribution is 2.38. The molecule has 122 valence electrons. The molecular formula is C19H22O4.